The van der Waals surface area contributed by atoms with E-state index in [-0.39, 0.29) is 22.2 Å². The van der Waals surface area contributed by atoms with Gasteiger partial charge in [-0.15, -0.1) is 0 Å². The molecule has 2 heterocycles. The normalized spacial score (nSPS) is 26.7. The molecule has 1 saturated heterocycles. The fourth-order valence-corrected chi connectivity index (χ4v) is 6.27. The minimum absolute atomic E-state index is 0.0504. The molecule has 1 aliphatic heterocycles. The second kappa shape index (κ2) is 6.28. The Hall–Kier alpha value is -2.06. The van der Waals surface area contributed by atoms with Crippen LogP contribution in [0.15, 0.2) is 35.5 Å². The van der Waals surface area contributed by atoms with E-state index in [9.17, 15) is 22.7 Å². The molecule has 0 radical (unpaired) electrons. The van der Waals surface area contributed by atoms with Gasteiger partial charge in [0.1, 0.15) is 5.82 Å². The third kappa shape index (κ3) is 2.68. The molecule has 0 amide bonds. The van der Waals surface area contributed by atoms with Crippen LogP contribution in [0.4, 0.5) is 4.39 Å². The van der Waals surface area contributed by atoms with Crippen molar-refractivity contribution < 1.29 is 22.7 Å². The van der Waals surface area contributed by atoms with E-state index in [1.54, 1.807) is 0 Å². The Balaban J connectivity index is 1.76. The third-order valence-electron chi connectivity index (χ3n) is 5.71. The number of halogens is 1. The van der Waals surface area contributed by atoms with Crippen LogP contribution >= 0.6 is 0 Å². The van der Waals surface area contributed by atoms with Crippen molar-refractivity contribution in [1.29, 1.82) is 0 Å². The van der Waals surface area contributed by atoms with Crippen molar-refractivity contribution >= 4 is 26.8 Å². The largest absolute Gasteiger partial charge is 0.481 e. The van der Waals surface area contributed by atoms with Gasteiger partial charge >= 0.3 is 5.97 Å². The summed E-state index contributed by atoms with van der Waals surface area (Å²) in [5.74, 6) is -1.71. The Morgan fingerprint density at radius 3 is 2.77 bits per heavy atom. The molecule has 26 heavy (non-hydrogen) atoms. The monoisotopic (exact) mass is 378 g/mol. The number of hydrogen-bond donors (Lipinski definition) is 1. The molecule has 0 spiro atoms. The van der Waals surface area contributed by atoms with Crippen molar-refractivity contribution in [3.8, 4) is 0 Å². The summed E-state index contributed by atoms with van der Waals surface area (Å²) < 4.78 is 42.1. The highest BCUT2D eigenvalue weighted by Gasteiger charge is 2.46. The number of rotatable bonds is 3. The van der Waals surface area contributed by atoms with Gasteiger partial charge in [-0.2, -0.15) is 4.31 Å². The molecule has 138 valence electrons. The Labute approximate surface area is 150 Å². The second-order valence-corrected chi connectivity index (χ2v) is 8.91. The number of aromatic nitrogens is 1. The molecule has 4 rings (SSSR count). The highest BCUT2D eigenvalue weighted by Crippen LogP contribution is 2.42. The van der Waals surface area contributed by atoms with Crippen molar-refractivity contribution in [2.75, 3.05) is 6.54 Å². The lowest BCUT2D eigenvalue weighted by Gasteiger charge is -2.34. The Kier molecular flexibility index (Phi) is 4.19. The second-order valence-electron chi connectivity index (χ2n) is 7.05. The number of pyridine rings is 1. The summed E-state index contributed by atoms with van der Waals surface area (Å²) in [7, 11) is -3.86. The topological polar surface area (TPSA) is 87.6 Å². The first-order chi connectivity index (χ1) is 12.4. The van der Waals surface area contributed by atoms with E-state index in [0.29, 0.717) is 24.8 Å². The number of carbonyl (C=O) groups is 1. The maximum Gasteiger partial charge on any atom is 0.306 e. The Morgan fingerprint density at radius 1 is 1.19 bits per heavy atom. The van der Waals surface area contributed by atoms with E-state index in [1.807, 2.05) is 0 Å². The van der Waals surface area contributed by atoms with Gasteiger partial charge in [0, 0.05) is 35.8 Å². The number of fused-ring (bicyclic) bond motifs is 2. The van der Waals surface area contributed by atoms with Crippen LogP contribution in [-0.2, 0) is 14.8 Å². The number of hydrogen-bond acceptors (Lipinski definition) is 4. The molecule has 2 fully saturated rings. The number of sulfonamides is 1. The lowest BCUT2D eigenvalue weighted by Crippen LogP contribution is -2.42. The van der Waals surface area contributed by atoms with Crippen molar-refractivity contribution in [2.24, 2.45) is 11.8 Å². The summed E-state index contributed by atoms with van der Waals surface area (Å²) >= 11 is 0. The summed E-state index contributed by atoms with van der Waals surface area (Å²) in [5.41, 5.74) is 0. The molecular weight excluding hydrogens is 359 g/mol. The highest BCUT2D eigenvalue weighted by molar-refractivity contribution is 7.89. The zero-order chi connectivity index (χ0) is 18.5. The maximum absolute atomic E-state index is 14.0. The van der Waals surface area contributed by atoms with Gasteiger partial charge in [0.2, 0.25) is 10.0 Å². The summed E-state index contributed by atoms with van der Waals surface area (Å²) in [4.78, 5) is 15.3. The van der Waals surface area contributed by atoms with Gasteiger partial charge in [0.25, 0.3) is 0 Å². The number of nitrogens with zero attached hydrogens (tertiary/aromatic N) is 2. The van der Waals surface area contributed by atoms with Crippen LogP contribution in [-0.4, -0.2) is 41.4 Å². The van der Waals surface area contributed by atoms with Gasteiger partial charge in [-0.3, -0.25) is 9.78 Å². The molecule has 0 bridgehead atoms. The van der Waals surface area contributed by atoms with Crippen LogP contribution in [0.5, 0.6) is 0 Å². The molecule has 1 aliphatic carbocycles. The predicted molar refractivity (Wildman–Crippen MR) is 92.5 cm³/mol. The first kappa shape index (κ1) is 17.4. The quantitative estimate of drug-likeness (QED) is 0.887. The van der Waals surface area contributed by atoms with Crippen molar-refractivity contribution in [1.82, 2.24) is 9.29 Å². The van der Waals surface area contributed by atoms with Crippen molar-refractivity contribution in [3.05, 3.63) is 36.4 Å². The smallest absolute Gasteiger partial charge is 0.306 e. The van der Waals surface area contributed by atoms with Crippen LogP contribution in [0.2, 0.25) is 0 Å². The van der Waals surface area contributed by atoms with Gasteiger partial charge in [0.05, 0.1) is 10.8 Å². The molecule has 2 aromatic rings. The van der Waals surface area contributed by atoms with Gasteiger partial charge in [-0.1, -0.05) is 0 Å². The summed E-state index contributed by atoms with van der Waals surface area (Å²) in [5, 5.41) is 9.78. The predicted octanol–water partition coefficient (Wildman–Crippen LogP) is 2.64. The van der Waals surface area contributed by atoms with E-state index in [4.69, 9.17) is 0 Å². The number of carboxylic acids is 1. The van der Waals surface area contributed by atoms with Crippen LogP contribution in [0.1, 0.15) is 25.7 Å². The van der Waals surface area contributed by atoms with Crippen LogP contribution in [0.25, 0.3) is 10.8 Å². The molecule has 2 aliphatic rings. The van der Waals surface area contributed by atoms with E-state index in [2.05, 4.69) is 4.98 Å². The summed E-state index contributed by atoms with van der Waals surface area (Å²) in [6, 6.07) is 3.62. The van der Waals surface area contributed by atoms with Gasteiger partial charge in [-0.05, 0) is 49.8 Å². The van der Waals surface area contributed by atoms with Crippen molar-refractivity contribution in [2.45, 2.75) is 36.6 Å². The molecule has 8 heteroatoms. The minimum atomic E-state index is -3.86. The fraction of sp³-hybridized carbons (Fsp3) is 0.444. The number of benzene rings is 1. The average molecular weight is 378 g/mol. The standard InChI is InChI=1S/C18H19FN2O4S/c19-15-3-4-17(13-5-7-20-10-14(13)15)26(24,25)21-8-6-11-1-2-12(18(22)23)9-16(11)21/h3-5,7,10-12,16H,1-2,6,8-9H2,(H,22,23). The SMILES string of the molecule is O=C(O)C1CCC2CCN(S(=O)(=O)c3ccc(F)c4cnccc34)C2C1. The first-order valence-corrected chi connectivity index (χ1v) is 10.1. The average Bonchev–Trinajstić information content (AvgIpc) is 3.06. The number of carboxylic acid groups (broad SMARTS) is 1. The molecule has 1 saturated carbocycles. The molecular formula is C18H19FN2O4S. The molecule has 3 atom stereocenters. The zero-order valence-corrected chi connectivity index (χ0v) is 14.8. The van der Waals surface area contributed by atoms with Crippen molar-refractivity contribution in [3.63, 3.8) is 0 Å². The van der Waals surface area contributed by atoms with E-state index < -0.39 is 27.7 Å². The lowest BCUT2D eigenvalue weighted by molar-refractivity contribution is -0.143. The Bertz CT molecular complexity index is 978. The molecule has 1 N–H and O–H groups in total. The van der Waals surface area contributed by atoms with E-state index in [1.165, 1.54) is 28.8 Å². The molecule has 3 unspecified atom stereocenters. The van der Waals surface area contributed by atoms with E-state index >= 15 is 0 Å². The summed E-state index contributed by atoms with van der Waals surface area (Å²) in [6.45, 7) is 0.369. The van der Waals surface area contributed by atoms with Gasteiger partial charge < -0.3 is 5.11 Å². The van der Waals surface area contributed by atoms with Gasteiger partial charge in [-0.25, -0.2) is 12.8 Å². The van der Waals surface area contributed by atoms with Crippen LogP contribution < -0.4 is 0 Å². The third-order valence-corrected chi connectivity index (χ3v) is 7.69. The van der Waals surface area contributed by atoms with Gasteiger partial charge in [0.15, 0.2) is 0 Å². The summed E-state index contributed by atoms with van der Waals surface area (Å²) in [6.07, 6.45) is 5.14. The molecule has 1 aromatic carbocycles. The van der Waals surface area contributed by atoms with E-state index in [0.717, 1.165) is 18.9 Å². The zero-order valence-electron chi connectivity index (χ0n) is 14.0. The number of aliphatic carboxylic acids is 1. The first-order valence-electron chi connectivity index (χ1n) is 8.66. The molecule has 1 aromatic heterocycles. The van der Waals surface area contributed by atoms with Crippen LogP contribution in [0.3, 0.4) is 0 Å². The minimum Gasteiger partial charge on any atom is -0.481 e. The lowest BCUT2D eigenvalue weighted by atomic mass is 9.79. The fourth-order valence-electron chi connectivity index (χ4n) is 4.36. The molecule has 6 nitrogen and oxygen atoms in total. The highest BCUT2D eigenvalue weighted by atomic mass is 32.2. The Morgan fingerprint density at radius 2 is 2.00 bits per heavy atom. The maximum atomic E-state index is 14.0. The van der Waals surface area contributed by atoms with Crippen LogP contribution in [0, 0.1) is 17.7 Å².